The van der Waals surface area contributed by atoms with Crippen molar-refractivity contribution in [2.45, 2.75) is 12.7 Å². The lowest BCUT2D eigenvalue weighted by Gasteiger charge is -2.31. The maximum atomic E-state index is 13.3. The third-order valence-corrected chi connectivity index (χ3v) is 5.17. The van der Waals surface area contributed by atoms with Gasteiger partial charge < -0.3 is 29.3 Å². The van der Waals surface area contributed by atoms with Crippen molar-refractivity contribution in [2.75, 3.05) is 57.8 Å². The summed E-state index contributed by atoms with van der Waals surface area (Å²) in [5.74, 6) is 1.15. The quantitative estimate of drug-likeness (QED) is 0.710. The summed E-state index contributed by atoms with van der Waals surface area (Å²) in [5.41, 5.74) is 0.512. The monoisotopic (exact) mass is 453 g/mol. The van der Waals surface area contributed by atoms with E-state index >= 15 is 0 Å². The van der Waals surface area contributed by atoms with Crippen LogP contribution in [-0.4, -0.2) is 58.5 Å². The van der Waals surface area contributed by atoms with Crippen LogP contribution in [0.3, 0.4) is 0 Å². The van der Waals surface area contributed by atoms with Gasteiger partial charge in [0, 0.05) is 31.8 Å². The van der Waals surface area contributed by atoms with Crippen LogP contribution < -0.4 is 19.7 Å². The minimum absolute atomic E-state index is 0.0975. The Kier molecular flexibility index (Phi) is 7.34. The zero-order valence-electron chi connectivity index (χ0n) is 18.2. The van der Waals surface area contributed by atoms with Crippen molar-refractivity contribution >= 4 is 17.4 Å². The third kappa shape index (κ3) is 5.56. The Bertz CT molecular complexity index is 947. The Morgan fingerprint density at radius 3 is 2.47 bits per heavy atom. The SMILES string of the molecule is COc1ccc(CN(C)C(=O)Nc2cc(C(F)(F)F)ccc2N2CCOCC2)c(OC)c1. The molecule has 0 spiro atoms. The Morgan fingerprint density at radius 2 is 1.84 bits per heavy atom. The Morgan fingerprint density at radius 1 is 1.12 bits per heavy atom. The fourth-order valence-corrected chi connectivity index (χ4v) is 3.41. The molecule has 1 aliphatic heterocycles. The molecular weight excluding hydrogens is 427 g/mol. The number of carbonyl (C=O) groups excluding carboxylic acids is 1. The summed E-state index contributed by atoms with van der Waals surface area (Å²) in [7, 11) is 4.60. The van der Waals surface area contributed by atoms with Crippen LogP contribution in [0, 0.1) is 0 Å². The average molecular weight is 453 g/mol. The molecule has 2 aromatic carbocycles. The molecule has 32 heavy (non-hydrogen) atoms. The van der Waals surface area contributed by atoms with Crippen LogP contribution in [0.2, 0.25) is 0 Å². The minimum atomic E-state index is -4.52. The fourth-order valence-electron chi connectivity index (χ4n) is 3.41. The standard InChI is InChI=1S/C22H26F3N3O4/c1-27(14-15-4-6-17(30-2)13-20(15)31-3)21(29)26-18-12-16(22(23,24)25)5-7-19(18)28-8-10-32-11-9-28/h4-7,12-13H,8-11,14H2,1-3H3,(H,26,29). The van der Waals surface area contributed by atoms with Crippen LogP contribution in [0.25, 0.3) is 0 Å². The molecule has 0 atom stereocenters. The summed E-state index contributed by atoms with van der Waals surface area (Å²) in [6.45, 7) is 2.16. The van der Waals surface area contributed by atoms with E-state index in [4.69, 9.17) is 14.2 Å². The summed E-state index contributed by atoms with van der Waals surface area (Å²) in [6, 6.07) is 8.03. The van der Waals surface area contributed by atoms with E-state index in [-0.39, 0.29) is 12.2 Å². The summed E-state index contributed by atoms with van der Waals surface area (Å²) in [5, 5.41) is 2.64. The summed E-state index contributed by atoms with van der Waals surface area (Å²) < 4.78 is 55.7. The smallest absolute Gasteiger partial charge is 0.416 e. The van der Waals surface area contributed by atoms with Gasteiger partial charge in [0.25, 0.3) is 0 Å². The number of methoxy groups -OCH3 is 2. The van der Waals surface area contributed by atoms with E-state index in [1.54, 1.807) is 25.2 Å². The molecule has 0 aliphatic carbocycles. The number of hydrogen-bond acceptors (Lipinski definition) is 5. The maximum absolute atomic E-state index is 13.3. The lowest BCUT2D eigenvalue weighted by molar-refractivity contribution is -0.137. The number of alkyl halides is 3. The fraction of sp³-hybridized carbons (Fsp3) is 0.409. The highest BCUT2D eigenvalue weighted by Crippen LogP contribution is 2.36. The van der Waals surface area contributed by atoms with Gasteiger partial charge in [0.2, 0.25) is 0 Å². The summed E-state index contributed by atoms with van der Waals surface area (Å²) >= 11 is 0. The first-order valence-corrected chi connectivity index (χ1v) is 10.00. The van der Waals surface area contributed by atoms with Crippen molar-refractivity contribution in [3.8, 4) is 11.5 Å². The Labute approximate surface area is 184 Å². The number of ether oxygens (including phenoxy) is 3. The van der Waals surface area contributed by atoms with E-state index in [0.29, 0.717) is 43.5 Å². The molecule has 0 bridgehead atoms. The summed E-state index contributed by atoms with van der Waals surface area (Å²) in [6.07, 6.45) is -4.52. The highest BCUT2D eigenvalue weighted by Gasteiger charge is 2.32. The highest BCUT2D eigenvalue weighted by molar-refractivity contribution is 5.93. The molecule has 2 aromatic rings. The second-order valence-electron chi connectivity index (χ2n) is 7.29. The van der Waals surface area contributed by atoms with Crippen molar-refractivity contribution in [1.29, 1.82) is 0 Å². The zero-order chi connectivity index (χ0) is 23.3. The second kappa shape index (κ2) is 9.99. The molecule has 1 N–H and O–H groups in total. The number of hydrogen-bond donors (Lipinski definition) is 1. The topological polar surface area (TPSA) is 63.3 Å². The van der Waals surface area contributed by atoms with Crippen LogP contribution in [-0.2, 0) is 17.5 Å². The van der Waals surface area contributed by atoms with Crippen LogP contribution in [0.4, 0.5) is 29.3 Å². The molecule has 0 aromatic heterocycles. The van der Waals surface area contributed by atoms with E-state index in [1.165, 1.54) is 25.2 Å². The molecule has 1 heterocycles. The lowest BCUT2D eigenvalue weighted by atomic mass is 10.1. The molecule has 2 amide bonds. The van der Waals surface area contributed by atoms with Crippen LogP contribution in [0.15, 0.2) is 36.4 Å². The van der Waals surface area contributed by atoms with Crippen molar-refractivity contribution in [1.82, 2.24) is 4.90 Å². The van der Waals surface area contributed by atoms with Crippen molar-refractivity contribution in [3.63, 3.8) is 0 Å². The number of urea groups is 1. The van der Waals surface area contributed by atoms with E-state index in [2.05, 4.69) is 5.32 Å². The predicted octanol–water partition coefficient (Wildman–Crippen LogP) is 4.22. The first-order chi connectivity index (χ1) is 15.2. The van der Waals surface area contributed by atoms with Gasteiger partial charge in [0.1, 0.15) is 11.5 Å². The van der Waals surface area contributed by atoms with Crippen molar-refractivity contribution < 1.29 is 32.2 Å². The molecule has 0 radical (unpaired) electrons. The minimum Gasteiger partial charge on any atom is -0.497 e. The molecule has 1 aliphatic rings. The van der Waals surface area contributed by atoms with E-state index in [9.17, 15) is 18.0 Å². The summed E-state index contributed by atoms with van der Waals surface area (Å²) in [4.78, 5) is 16.1. The molecule has 0 saturated carbocycles. The molecule has 3 rings (SSSR count). The van der Waals surface area contributed by atoms with Gasteiger partial charge in [0.05, 0.1) is 50.9 Å². The van der Waals surface area contributed by atoms with Gasteiger partial charge in [-0.05, 0) is 30.3 Å². The number of benzene rings is 2. The van der Waals surface area contributed by atoms with Crippen LogP contribution in [0.5, 0.6) is 11.5 Å². The molecule has 7 nitrogen and oxygen atoms in total. The molecular formula is C22H26F3N3O4. The highest BCUT2D eigenvalue weighted by atomic mass is 19.4. The number of morpholine rings is 1. The largest absolute Gasteiger partial charge is 0.497 e. The van der Waals surface area contributed by atoms with Crippen LogP contribution in [0.1, 0.15) is 11.1 Å². The first-order valence-electron chi connectivity index (χ1n) is 10.00. The Balaban J connectivity index is 1.82. The van der Waals surface area contributed by atoms with Gasteiger partial charge >= 0.3 is 12.2 Å². The van der Waals surface area contributed by atoms with Gasteiger partial charge in [-0.15, -0.1) is 0 Å². The van der Waals surface area contributed by atoms with Gasteiger partial charge in [-0.2, -0.15) is 13.2 Å². The third-order valence-electron chi connectivity index (χ3n) is 5.17. The van der Waals surface area contributed by atoms with E-state index in [1.807, 2.05) is 4.90 Å². The van der Waals surface area contributed by atoms with Gasteiger partial charge in [-0.25, -0.2) is 4.79 Å². The van der Waals surface area contributed by atoms with Gasteiger partial charge in [0.15, 0.2) is 0 Å². The Hall–Kier alpha value is -3.14. The number of anilines is 2. The van der Waals surface area contributed by atoms with Gasteiger partial charge in [-0.1, -0.05) is 0 Å². The molecule has 1 saturated heterocycles. The number of rotatable bonds is 6. The molecule has 174 valence electrons. The van der Waals surface area contributed by atoms with Crippen molar-refractivity contribution in [3.05, 3.63) is 47.5 Å². The first kappa shape index (κ1) is 23.5. The second-order valence-corrected chi connectivity index (χ2v) is 7.29. The van der Waals surface area contributed by atoms with Crippen LogP contribution >= 0.6 is 0 Å². The number of amides is 2. The lowest BCUT2D eigenvalue weighted by Crippen LogP contribution is -2.37. The maximum Gasteiger partial charge on any atom is 0.416 e. The van der Waals surface area contributed by atoms with Crippen molar-refractivity contribution in [2.24, 2.45) is 0 Å². The van der Waals surface area contributed by atoms with Gasteiger partial charge in [-0.3, -0.25) is 0 Å². The average Bonchev–Trinajstić information content (AvgIpc) is 2.79. The number of nitrogens with one attached hydrogen (secondary N) is 1. The zero-order valence-corrected chi connectivity index (χ0v) is 18.2. The molecule has 1 fully saturated rings. The number of halogens is 3. The number of nitrogens with zero attached hydrogens (tertiary/aromatic N) is 2. The van der Waals surface area contributed by atoms with E-state index < -0.39 is 17.8 Å². The number of carbonyl (C=O) groups is 1. The van der Waals surface area contributed by atoms with E-state index in [0.717, 1.165) is 17.7 Å². The molecule has 0 unspecified atom stereocenters. The molecule has 10 heteroatoms. The predicted molar refractivity (Wildman–Crippen MR) is 115 cm³/mol. The normalized spacial score (nSPS) is 14.1.